The topological polar surface area (TPSA) is 106 Å². The van der Waals surface area contributed by atoms with Crippen LogP contribution < -0.4 is 11.0 Å². The predicted octanol–water partition coefficient (Wildman–Crippen LogP) is 1.05. The van der Waals surface area contributed by atoms with E-state index in [0.29, 0.717) is 11.5 Å². The average molecular weight is 342 g/mol. The van der Waals surface area contributed by atoms with Crippen molar-refractivity contribution in [3.63, 3.8) is 0 Å². The molecule has 0 saturated carbocycles. The summed E-state index contributed by atoms with van der Waals surface area (Å²) in [6, 6.07) is 1.06. The zero-order valence-corrected chi connectivity index (χ0v) is 12.9. The van der Waals surface area contributed by atoms with Gasteiger partial charge in [0, 0.05) is 18.8 Å². The second kappa shape index (κ2) is 5.32. The number of nitrogens with one attached hydrogen (secondary N) is 2. The minimum atomic E-state index is -4.67. The van der Waals surface area contributed by atoms with Crippen LogP contribution in [-0.2, 0) is 13.2 Å². The molecule has 1 atom stereocenters. The fourth-order valence-corrected chi connectivity index (χ4v) is 2.24. The van der Waals surface area contributed by atoms with Gasteiger partial charge in [-0.2, -0.15) is 27.8 Å². The fraction of sp³-hybridized carbons (Fsp3) is 0.417. The molecule has 12 heteroatoms. The zero-order valence-electron chi connectivity index (χ0n) is 12.9. The van der Waals surface area contributed by atoms with Crippen LogP contribution in [0, 0.1) is 6.92 Å². The van der Waals surface area contributed by atoms with E-state index in [9.17, 15) is 18.0 Å². The van der Waals surface area contributed by atoms with E-state index < -0.39 is 23.7 Å². The molecule has 0 aliphatic heterocycles. The Kier molecular flexibility index (Phi) is 3.53. The number of aryl methyl sites for hydroxylation is 1. The van der Waals surface area contributed by atoms with Crippen molar-refractivity contribution in [1.29, 1.82) is 0 Å². The van der Waals surface area contributed by atoms with Crippen molar-refractivity contribution in [3.05, 3.63) is 33.9 Å². The molecule has 0 aliphatic rings. The number of hydrogen-bond acceptors (Lipinski definition) is 6. The summed E-state index contributed by atoms with van der Waals surface area (Å²) in [6.45, 7) is 3.33. The van der Waals surface area contributed by atoms with Gasteiger partial charge < -0.3 is 5.32 Å². The number of anilines is 1. The number of aromatic amines is 1. The lowest BCUT2D eigenvalue weighted by molar-refractivity contribution is -0.144. The molecule has 3 rings (SSSR count). The van der Waals surface area contributed by atoms with E-state index in [2.05, 4.69) is 30.6 Å². The Labute approximate surface area is 132 Å². The molecule has 0 bridgehead atoms. The highest BCUT2D eigenvalue weighted by molar-refractivity contribution is 5.46. The SMILES string of the molecule is Cc1cc(NC(C)c2n[nH]c(=O)n2C)n2nc(C(F)(F)F)nc2n1. The molecule has 0 amide bonds. The normalized spacial score (nSPS) is 13.4. The fourth-order valence-electron chi connectivity index (χ4n) is 2.24. The first-order valence-corrected chi connectivity index (χ1v) is 6.86. The maximum atomic E-state index is 12.8. The molecule has 0 radical (unpaired) electrons. The van der Waals surface area contributed by atoms with Crippen LogP contribution in [0.15, 0.2) is 10.9 Å². The van der Waals surface area contributed by atoms with E-state index in [4.69, 9.17) is 0 Å². The van der Waals surface area contributed by atoms with Gasteiger partial charge in [0.25, 0.3) is 11.6 Å². The minimum Gasteiger partial charge on any atom is -0.360 e. The molecular formula is C12H13F3N8O. The second-order valence-electron chi connectivity index (χ2n) is 5.24. The number of aromatic nitrogens is 7. The van der Waals surface area contributed by atoms with Gasteiger partial charge in [-0.1, -0.05) is 0 Å². The third kappa shape index (κ3) is 2.70. The Balaban J connectivity index is 2.04. The minimum absolute atomic E-state index is 0.173. The monoisotopic (exact) mass is 342 g/mol. The third-order valence-electron chi connectivity index (χ3n) is 3.36. The lowest BCUT2D eigenvalue weighted by Gasteiger charge is -2.15. The summed E-state index contributed by atoms with van der Waals surface area (Å²) in [4.78, 5) is 18.8. The van der Waals surface area contributed by atoms with Crippen LogP contribution in [0.25, 0.3) is 5.78 Å². The van der Waals surface area contributed by atoms with E-state index in [1.807, 2.05) is 0 Å². The van der Waals surface area contributed by atoms with Crippen LogP contribution in [0.4, 0.5) is 19.0 Å². The molecule has 0 spiro atoms. The number of rotatable bonds is 3. The van der Waals surface area contributed by atoms with E-state index in [1.54, 1.807) is 13.8 Å². The van der Waals surface area contributed by atoms with Gasteiger partial charge in [-0.15, -0.1) is 5.10 Å². The quantitative estimate of drug-likeness (QED) is 0.737. The highest BCUT2D eigenvalue weighted by Gasteiger charge is 2.37. The number of fused-ring (bicyclic) bond motifs is 1. The molecule has 1 unspecified atom stereocenters. The molecule has 3 aromatic rings. The van der Waals surface area contributed by atoms with Crippen LogP contribution in [0.2, 0.25) is 0 Å². The summed E-state index contributed by atoms with van der Waals surface area (Å²) < 4.78 is 40.7. The molecule has 9 nitrogen and oxygen atoms in total. The van der Waals surface area contributed by atoms with Crippen molar-refractivity contribution in [2.45, 2.75) is 26.1 Å². The summed E-state index contributed by atoms with van der Waals surface area (Å²) in [5.41, 5.74) is 0.0732. The molecule has 3 heterocycles. The summed E-state index contributed by atoms with van der Waals surface area (Å²) in [7, 11) is 1.53. The van der Waals surface area contributed by atoms with Crippen LogP contribution in [0.5, 0.6) is 0 Å². The molecule has 0 aromatic carbocycles. The van der Waals surface area contributed by atoms with E-state index in [-0.39, 0.29) is 11.6 Å². The molecule has 0 aliphatic carbocycles. The molecule has 2 N–H and O–H groups in total. The van der Waals surface area contributed by atoms with Crippen molar-refractivity contribution in [1.82, 2.24) is 34.3 Å². The first kappa shape index (κ1) is 16.0. The van der Waals surface area contributed by atoms with Gasteiger partial charge in [0.1, 0.15) is 5.82 Å². The summed E-state index contributed by atoms with van der Waals surface area (Å²) in [5, 5.41) is 12.6. The molecule has 0 saturated heterocycles. The van der Waals surface area contributed by atoms with Gasteiger partial charge in [-0.3, -0.25) is 4.57 Å². The largest absolute Gasteiger partial charge is 0.453 e. The number of H-pyrrole nitrogens is 1. The molecule has 24 heavy (non-hydrogen) atoms. The van der Waals surface area contributed by atoms with Gasteiger partial charge >= 0.3 is 11.9 Å². The van der Waals surface area contributed by atoms with E-state index in [0.717, 1.165) is 4.52 Å². The first-order chi connectivity index (χ1) is 11.2. The van der Waals surface area contributed by atoms with Gasteiger partial charge in [0.05, 0.1) is 6.04 Å². The van der Waals surface area contributed by atoms with Gasteiger partial charge in [0.2, 0.25) is 0 Å². The Morgan fingerprint density at radius 1 is 1.33 bits per heavy atom. The summed E-state index contributed by atoms with van der Waals surface area (Å²) >= 11 is 0. The van der Waals surface area contributed by atoms with Crippen LogP contribution in [0.3, 0.4) is 0 Å². The lowest BCUT2D eigenvalue weighted by atomic mass is 10.3. The number of alkyl halides is 3. The van der Waals surface area contributed by atoms with Crippen molar-refractivity contribution in [2.24, 2.45) is 7.05 Å². The van der Waals surface area contributed by atoms with Crippen molar-refractivity contribution in [2.75, 3.05) is 5.32 Å². The van der Waals surface area contributed by atoms with Crippen molar-refractivity contribution >= 4 is 11.6 Å². The van der Waals surface area contributed by atoms with Gasteiger partial charge in [0.15, 0.2) is 5.82 Å². The highest BCUT2D eigenvalue weighted by Crippen LogP contribution is 2.27. The molecule has 128 valence electrons. The van der Waals surface area contributed by atoms with Crippen molar-refractivity contribution in [3.8, 4) is 0 Å². The van der Waals surface area contributed by atoms with Gasteiger partial charge in [-0.05, 0) is 13.8 Å². The summed E-state index contributed by atoms with van der Waals surface area (Å²) in [6.07, 6.45) is -4.67. The van der Waals surface area contributed by atoms with E-state index in [1.165, 1.54) is 17.7 Å². The zero-order chi connectivity index (χ0) is 17.6. The first-order valence-electron chi connectivity index (χ1n) is 6.86. The third-order valence-corrected chi connectivity index (χ3v) is 3.36. The van der Waals surface area contributed by atoms with Crippen LogP contribution in [-0.4, -0.2) is 34.3 Å². The van der Waals surface area contributed by atoms with Crippen molar-refractivity contribution < 1.29 is 13.2 Å². The average Bonchev–Trinajstić information content (AvgIpc) is 3.03. The lowest BCUT2D eigenvalue weighted by Crippen LogP contribution is -2.19. The van der Waals surface area contributed by atoms with Gasteiger partial charge in [-0.25, -0.2) is 14.9 Å². The smallest absolute Gasteiger partial charge is 0.360 e. The molecular weight excluding hydrogens is 329 g/mol. The second-order valence-corrected chi connectivity index (χ2v) is 5.24. The predicted molar refractivity (Wildman–Crippen MR) is 76.4 cm³/mol. The molecule has 3 aromatic heterocycles. The number of halogens is 3. The maximum Gasteiger partial charge on any atom is 0.453 e. The molecule has 0 fully saturated rings. The Hall–Kier alpha value is -2.92. The van der Waals surface area contributed by atoms with Crippen LogP contribution in [0.1, 0.15) is 30.3 Å². The number of nitrogens with zero attached hydrogens (tertiary/aromatic N) is 6. The Morgan fingerprint density at radius 2 is 2.04 bits per heavy atom. The Morgan fingerprint density at radius 3 is 2.62 bits per heavy atom. The summed E-state index contributed by atoms with van der Waals surface area (Å²) in [5.74, 6) is -0.807. The maximum absolute atomic E-state index is 12.8. The van der Waals surface area contributed by atoms with E-state index >= 15 is 0 Å². The number of hydrogen-bond donors (Lipinski definition) is 2. The highest BCUT2D eigenvalue weighted by atomic mass is 19.4. The Bertz CT molecular complexity index is 954. The van der Waals surface area contributed by atoms with Crippen LogP contribution >= 0.6 is 0 Å². The standard InChI is InChI=1S/C12H13F3N8O/c1-5-4-7(17-6(2)8-19-20-11(24)22(8)3)23-10(16-5)18-9(21-23)12(13,14)15/h4,6,17H,1-3H3,(H,20,24).